The van der Waals surface area contributed by atoms with Crippen molar-refractivity contribution in [2.75, 3.05) is 43.0 Å². The number of nitrogens with one attached hydrogen (secondary N) is 1. The second kappa shape index (κ2) is 10.4. The number of nitrogens with zero attached hydrogens (tertiary/aromatic N) is 5. The largest absolute Gasteiger partial charge is 0.446 e. The minimum absolute atomic E-state index is 0.0687. The molecule has 1 N–H and O–H groups in total. The van der Waals surface area contributed by atoms with E-state index in [0.29, 0.717) is 11.4 Å². The summed E-state index contributed by atoms with van der Waals surface area (Å²) < 4.78 is 38.2. The Morgan fingerprint density at radius 2 is 1.71 bits per heavy atom. The number of aromatic nitrogens is 1. The summed E-state index contributed by atoms with van der Waals surface area (Å²) in [4.78, 5) is 50.4. The Hall–Kier alpha value is -3.32. The van der Waals surface area contributed by atoms with E-state index in [0.717, 1.165) is 31.1 Å². The lowest BCUT2D eigenvalue weighted by Gasteiger charge is -2.37. The number of imide groups is 1. The molecule has 2 aromatic rings. The van der Waals surface area contributed by atoms with Crippen molar-refractivity contribution in [1.29, 1.82) is 0 Å². The highest BCUT2D eigenvalue weighted by atomic mass is 32.2. The number of thioether (sulfide) groups is 1. The number of piperazine rings is 1. The normalized spacial score (nSPS) is 19.2. The number of halogens is 3. The van der Waals surface area contributed by atoms with E-state index in [9.17, 15) is 27.6 Å². The molecule has 0 saturated carbocycles. The van der Waals surface area contributed by atoms with Crippen molar-refractivity contribution in [3.8, 4) is 0 Å². The SMILES string of the molecule is CC(=O)NC(c1ccnc(N2CCN(C)CC2)c1)N1C(=O)N(c2ccc(SC(F)(F)F)cc2)C(=O)C1(C)C. The quantitative estimate of drug-likeness (QED) is 0.432. The van der Waals surface area contributed by atoms with Crippen LogP contribution < -0.4 is 15.1 Å². The Balaban J connectivity index is 1.67. The fourth-order valence-electron chi connectivity index (χ4n) is 4.57. The molecule has 0 spiro atoms. The van der Waals surface area contributed by atoms with Gasteiger partial charge < -0.3 is 15.1 Å². The molecule has 2 fully saturated rings. The van der Waals surface area contributed by atoms with Crippen molar-refractivity contribution < 1.29 is 27.6 Å². The fourth-order valence-corrected chi connectivity index (χ4v) is 5.11. The predicted molar refractivity (Wildman–Crippen MR) is 138 cm³/mol. The zero-order valence-corrected chi connectivity index (χ0v) is 22.3. The third-order valence-electron chi connectivity index (χ3n) is 6.57. The van der Waals surface area contributed by atoms with E-state index in [-0.39, 0.29) is 22.3 Å². The Morgan fingerprint density at radius 1 is 1.08 bits per heavy atom. The topological polar surface area (TPSA) is 89.1 Å². The van der Waals surface area contributed by atoms with E-state index in [2.05, 4.69) is 20.1 Å². The summed E-state index contributed by atoms with van der Waals surface area (Å²) >= 11 is -0.283. The van der Waals surface area contributed by atoms with Crippen LogP contribution in [-0.4, -0.2) is 76.9 Å². The number of alkyl halides is 3. The van der Waals surface area contributed by atoms with Gasteiger partial charge in [0.25, 0.3) is 5.91 Å². The molecule has 2 saturated heterocycles. The van der Waals surface area contributed by atoms with Gasteiger partial charge in [0.1, 0.15) is 17.5 Å². The van der Waals surface area contributed by atoms with Gasteiger partial charge in [0.15, 0.2) is 0 Å². The van der Waals surface area contributed by atoms with Crippen molar-refractivity contribution in [2.45, 2.75) is 42.9 Å². The van der Waals surface area contributed by atoms with Gasteiger partial charge in [-0.1, -0.05) is 0 Å². The van der Waals surface area contributed by atoms with Gasteiger partial charge in [0.05, 0.1) is 5.69 Å². The van der Waals surface area contributed by atoms with Gasteiger partial charge in [0.2, 0.25) is 5.91 Å². The van der Waals surface area contributed by atoms with Crippen LogP contribution in [0, 0.1) is 0 Å². The molecule has 1 unspecified atom stereocenters. The van der Waals surface area contributed by atoms with Crippen LogP contribution in [0.25, 0.3) is 0 Å². The number of hydrogen-bond acceptors (Lipinski definition) is 7. The first-order chi connectivity index (χ1) is 17.8. The fraction of sp³-hybridized carbons (Fsp3) is 0.440. The van der Waals surface area contributed by atoms with Crippen LogP contribution in [0.4, 0.5) is 29.5 Å². The van der Waals surface area contributed by atoms with Gasteiger partial charge in [-0.25, -0.2) is 14.7 Å². The number of amides is 4. The molecule has 204 valence electrons. The molecule has 9 nitrogen and oxygen atoms in total. The Kier molecular flexibility index (Phi) is 7.62. The lowest BCUT2D eigenvalue weighted by Crippen LogP contribution is -2.51. The number of carbonyl (C=O) groups is 3. The van der Waals surface area contributed by atoms with E-state index in [4.69, 9.17) is 0 Å². The monoisotopic (exact) mass is 550 g/mol. The van der Waals surface area contributed by atoms with Crippen molar-refractivity contribution in [2.24, 2.45) is 0 Å². The zero-order valence-electron chi connectivity index (χ0n) is 21.5. The third kappa shape index (κ3) is 5.73. The van der Waals surface area contributed by atoms with Crippen molar-refractivity contribution in [3.63, 3.8) is 0 Å². The molecule has 2 aliphatic rings. The molecule has 4 amide bonds. The van der Waals surface area contributed by atoms with Crippen LogP contribution in [0.3, 0.4) is 0 Å². The summed E-state index contributed by atoms with van der Waals surface area (Å²) in [5, 5.41) is 2.79. The second-order valence-electron chi connectivity index (χ2n) is 9.73. The number of likely N-dealkylation sites (N-methyl/N-ethyl adjacent to an activating group) is 1. The van der Waals surface area contributed by atoms with E-state index < -0.39 is 35.1 Å². The number of pyridine rings is 1. The predicted octanol–water partition coefficient (Wildman–Crippen LogP) is 3.83. The summed E-state index contributed by atoms with van der Waals surface area (Å²) in [6.45, 7) is 7.71. The average Bonchev–Trinajstić information content (AvgIpc) is 3.01. The van der Waals surface area contributed by atoms with Gasteiger partial charge in [-0.3, -0.25) is 14.5 Å². The Bertz CT molecular complexity index is 1220. The molecule has 13 heteroatoms. The van der Waals surface area contributed by atoms with Gasteiger partial charge in [-0.05, 0) is 74.6 Å². The molecule has 0 aliphatic carbocycles. The van der Waals surface area contributed by atoms with Crippen molar-refractivity contribution >= 4 is 41.1 Å². The van der Waals surface area contributed by atoms with Crippen LogP contribution in [0.15, 0.2) is 47.5 Å². The van der Waals surface area contributed by atoms with Gasteiger partial charge in [-0.2, -0.15) is 13.2 Å². The molecule has 1 aromatic heterocycles. The summed E-state index contributed by atoms with van der Waals surface area (Å²) in [5.41, 5.74) is -5.13. The van der Waals surface area contributed by atoms with Crippen LogP contribution in [0.2, 0.25) is 0 Å². The molecule has 4 rings (SSSR count). The summed E-state index contributed by atoms with van der Waals surface area (Å²) in [6.07, 6.45) is 0.611. The molecule has 0 bridgehead atoms. The van der Waals surface area contributed by atoms with Crippen molar-refractivity contribution in [3.05, 3.63) is 48.2 Å². The second-order valence-corrected chi connectivity index (χ2v) is 10.9. The smallest absolute Gasteiger partial charge is 0.354 e. The number of rotatable bonds is 6. The maximum absolute atomic E-state index is 13.7. The van der Waals surface area contributed by atoms with Gasteiger partial charge in [0, 0.05) is 44.2 Å². The highest BCUT2D eigenvalue weighted by molar-refractivity contribution is 8.00. The standard InChI is InChI=1S/C25H29F3N6O3S/c1-16(35)30-21(17-9-10-29-20(15-17)32-13-11-31(4)12-14-32)34-23(37)33(22(36)24(34,2)3)18-5-7-19(8-6-18)38-25(26,27)28/h5-10,15,21H,11-14H2,1-4H3,(H,30,35). The van der Waals surface area contributed by atoms with Crippen LogP contribution in [0.5, 0.6) is 0 Å². The number of urea groups is 1. The molecule has 3 heterocycles. The molecular formula is C25H29F3N6O3S. The molecular weight excluding hydrogens is 521 g/mol. The highest BCUT2D eigenvalue weighted by Crippen LogP contribution is 2.40. The van der Waals surface area contributed by atoms with E-state index >= 15 is 0 Å². The molecule has 38 heavy (non-hydrogen) atoms. The summed E-state index contributed by atoms with van der Waals surface area (Å²) in [7, 11) is 2.04. The highest BCUT2D eigenvalue weighted by Gasteiger charge is 2.55. The minimum Gasteiger partial charge on any atom is -0.354 e. The average molecular weight is 551 g/mol. The third-order valence-corrected chi connectivity index (χ3v) is 7.30. The number of hydrogen-bond donors (Lipinski definition) is 1. The number of anilines is 2. The van der Waals surface area contributed by atoms with E-state index in [1.54, 1.807) is 32.2 Å². The zero-order chi connectivity index (χ0) is 27.8. The first-order valence-electron chi connectivity index (χ1n) is 12.0. The Morgan fingerprint density at radius 3 is 2.29 bits per heavy atom. The molecule has 1 atom stereocenters. The first-order valence-corrected chi connectivity index (χ1v) is 12.8. The summed E-state index contributed by atoms with van der Waals surface area (Å²) in [5.74, 6) is -0.283. The van der Waals surface area contributed by atoms with Crippen molar-refractivity contribution in [1.82, 2.24) is 20.1 Å². The van der Waals surface area contributed by atoms with Gasteiger partial charge in [-0.15, -0.1) is 0 Å². The lowest BCUT2D eigenvalue weighted by molar-refractivity contribution is -0.126. The lowest BCUT2D eigenvalue weighted by atomic mass is 10.0. The Labute approximate surface area is 222 Å². The number of benzene rings is 1. The molecule has 2 aliphatic heterocycles. The molecule has 1 aromatic carbocycles. The van der Waals surface area contributed by atoms with Gasteiger partial charge >= 0.3 is 11.5 Å². The summed E-state index contributed by atoms with van der Waals surface area (Å²) in [6, 6.07) is 7.79. The minimum atomic E-state index is -4.46. The van der Waals surface area contributed by atoms with E-state index in [1.165, 1.54) is 36.1 Å². The van der Waals surface area contributed by atoms with Crippen LogP contribution in [-0.2, 0) is 9.59 Å². The number of carbonyl (C=O) groups excluding carboxylic acids is 3. The van der Waals surface area contributed by atoms with Crippen LogP contribution >= 0.6 is 11.8 Å². The maximum Gasteiger partial charge on any atom is 0.446 e. The maximum atomic E-state index is 13.7. The molecule has 0 radical (unpaired) electrons. The first kappa shape index (κ1) is 27.7. The van der Waals surface area contributed by atoms with Crippen LogP contribution in [0.1, 0.15) is 32.5 Å². The van der Waals surface area contributed by atoms with E-state index in [1.807, 2.05) is 7.05 Å².